The van der Waals surface area contributed by atoms with Crippen LogP contribution < -0.4 is 5.43 Å². The predicted molar refractivity (Wildman–Crippen MR) is 125 cm³/mol. The lowest BCUT2D eigenvalue weighted by Gasteiger charge is -2.05. The largest absolute Gasteiger partial charge is 0.507 e. The predicted octanol–water partition coefficient (Wildman–Crippen LogP) is 5.60. The summed E-state index contributed by atoms with van der Waals surface area (Å²) in [4.78, 5) is 17.9. The van der Waals surface area contributed by atoms with Crippen LogP contribution in [0.2, 0.25) is 0 Å². The molecule has 7 heteroatoms. The SMILES string of the molecule is O=C(N/N=C/c1ccc(Sc2cccc3cccnc23)o1)c1cc2ccccc2cc1O. The second-order valence-electron chi connectivity index (χ2n) is 7.01. The number of hydrogen-bond acceptors (Lipinski definition) is 6. The van der Waals surface area contributed by atoms with Crippen molar-refractivity contribution < 1.29 is 14.3 Å². The van der Waals surface area contributed by atoms with Crippen LogP contribution in [0.25, 0.3) is 21.7 Å². The summed E-state index contributed by atoms with van der Waals surface area (Å²) in [5.41, 5.74) is 3.49. The van der Waals surface area contributed by atoms with Crippen LogP contribution in [0.5, 0.6) is 5.75 Å². The Labute approximate surface area is 187 Å². The highest BCUT2D eigenvalue weighted by Crippen LogP contribution is 2.33. The number of furan rings is 1. The Balaban J connectivity index is 1.28. The number of phenols is 1. The molecule has 0 bridgehead atoms. The summed E-state index contributed by atoms with van der Waals surface area (Å²) in [5, 5.41) is 17.6. The number of pyridine rings is 1. The number of carbonyl (C=O) groups excluding carboxylic acids is 1. The summed E-state index contributed by atoms with van der Waals surface area (Å²) >= 11 is 1.47. The summed E-state index contributed by atoms with van der Waals surface area (Å²) in [7, 11) is 0. The molecule has 2 aromatic heterocycles. The van der Waals surface area contributed by atoms with Gasteiger partial charge in [0.25, 0.3) is 5.91 Å². The van der Waals surface area contributed by atoms with Gasteiger partial charge in [-0.05, 0) is 58.9 Å². The number of aromatic nitrogens is 1. The van der Waals surface area contributed by atoms with Gasteiger partial charge in [-0.1, -0.05) is 42.5 Å². The first-order valence-corrected chi connectivity index (χ1v) is 10.7. The third-order valence-corrected chi connectivity index (χ3v) is 5.84. The van der Waals surface area contributed by atoms with Gasteiger partial charge < -0.3 is 9.52 Å². The van der Waals surface area contributed by atoms with Crippen molar-refractivity contribution in [3.05, 3.63) is 96.4 Å². The van der Waals surface area contributed by atoms with Crippen molar-refractivity contribution in [3.63, 3.8) is 0 Å². The maximum Gasteiger partial charge on any atom is 0.275 e. The molecule has 0 saturated carbocycles. The number of hydrogen-bond donors (Lipinski definition) is 2. The van der Waals surface area contributed by atoms with E-state index in [1.165, 1.54) is 18.0 Å². The quantitative estimate of drug-likeness (QED) is 0.275. The Kier molecular flexibility index (Phi) is 5.31. The lowest BCUT2D eigenvalue weighted by atomic mass is 10.1. The van der Waals surface area contributed by atoms with E-state index in [-0.39, 0.29) is 11.3 Å². The van der Waals surface area contributed by atoms with Crippen LogP contribution in [0.1, 0.15) is 16.1 Å². The van der Waals surface area contributed by atoms with Gasteiger partial charge in [0.05, 0.1) is 17.3 Å². The molecule has 156 valence electrons. The first-order valence-electron chi connectivity index (χ1n) is 9.84. The number of phenolic OH excluding ortho intramolecular Hbond substituents is 1. The van der Waals surface area contributed by atoms with Crippen LogP contribution in [0.3, 0.4) is 0 Å². The van der Waals surface area contributed by atoms with Gasteiger partial charge in [-0.2, -0.15) is 5.10 Å². The maximum atomic E-state index is 12.4. The van der Waals surface area contributed by atoms with Gasteiger partial charge in [-0.25, -0.2) is 5.43 Å². The van der Waals surface area contributed by atoms with Crippen LogP contribution in [0.15, 0.2) is 105 Å². The van der Waals surface area contributed by atoms with E-state index in [4.69, 9.17) is 4.42 Å². The first-order chi connectivity index (χ1) is 15.7. The zero-order valence-electron chi connectivity index (χ0n) is 16.7. The molecule has 0 radical (unpaired) electrons. The number of amides is 1. The molecular formula is C25H17N3O3S. The van der Waals surface area contributed by atoms with Crippen molar-refractivity contribution in [2.75, 3.05) is 0 Å². The van der Waals surface area contributed by atoms with Crippen molar-refractivity contribution in [2.24, 2.45) is 5.10 Å². The summed E-state index contributed by atoms with van der Waals surface area (Å²) in [6, 6.07) is 24.2. The summed E-state index contributed by atoms with van der Waals surface area (Å²) in [6.45, 7) is 0. The van der Waals surface area contributed by atoms with E-state index in [0.29, 0.717) is 10.9 Å². The normalized spacial score (nSPS) is 11.4. The lowest BCUT2D eigenvalue weighted by molar-refractivity contribution is 0.0952. The van der Waals surface area contributed by atoms with Crippen LogP contribution in [-0.4, -0.2) is 22.2 Å². The highest BCUT2D eigenvalue weighted by Gasteiger charge is 2.12. The molecule has 2 heterocycles. The maximum absolute atomic E-state index is 12.4. The van der Waals surface area contributed by atoms with Gasteiger partial charge in [-0.3, -0.25) is 9.78 Å². The molecule has 0 aliphatic carbocycles. The van der Waals surface area contributed by atoms with Gasteiger partial charge in [0.2, 0.25) is 0 Å². The van der Waals surface area contributed by atoms with Crippen molar-refractivity contribution in [1.82, 2.24) is 10.4 Å². The average Bonchev–Trinajstić information content (AvgIpc) is 3.26. The number of rotatable bonds is 5. The molecule has 6 nitrogen and oxygen atoms in total. The number of nitrogens with one attached hydrogen (secondary N) is 1. The average molecular weight is 439 g/mol. The van der Waals surface area contributed by atoms with E-state index in [1.54, 1.807) is 24.4 Å². The number of hydrazone groups is 1. The van der Waals surface area contributed by atoms with Gasteiger partial charge in [0.15, 0.2) is 5.09 Å². The number of carbonyl (C=O) groups is 1. The molecule has 0 unspecified atom stereocenters. The highest BCUT2D eigenvalue weighted by atomic mass is 32.2. The third kappa shape index (κ3) is 4.06. The number of nitrogens with zero attached hydrogens (tertiary/aromatic N) is 2. The lowest BCUT2D eigenvalue weighted by Crippen LogP contribution is -2.17. The Hall–Kier alpha value is -4.10. The molecule has 0 aliphatic heterocycles. The van der Waals surface area contributed by atoms with Crippen LogP contribution >= 0.6 is 11.8 Å². The van der Waals surface area contributed by atoms with Gasteiger partial charge in [-0.15, -0.1) is 0 Å². The fraction of sp³-hybridized carbons (Fsp3) is 0. The second-order valence-corrected chi connectivity index (χ2v) is 8.05. The minimum Gasteiger partial charge on any atom is -0.507 e. The molecule has 3 aromatic carbocycles. The zero-order valence-corrected chi connectivity index (χ0v) is 17.5. The molecule has 5 aromatic rings. The molecule has 0 spiro atoms. The van der Waals surface area contributed by atoms with E-state index in [2.05, 4.69) is 15.5 Å². The molecule has 0 saturated heterocycles. The minimum absolute atomic E-state index is 0.100. The van der Waals surface area contributed by atoms with E-state index >= 15 is 0 Å². The van der Waals surface area contributed by atoms with Crippen molar-refractivity contribution >= 4 is 45.6 Å². The fourth-order valence-corrected chi connectivity index (χ4v) is 4.26. The standard InChI is InChI=1S/C25H17N3O3S/c29-21-14-18-6-2-1-5-17(18)13-20(21)25(30)28-27-15-19-10-11-23(31-19)32-22-9-3-7-16-8-4-12-26-24(16)22/h1-15,29H,(H,28,30)/b27-15+. The number of benzene rings is 3. The third-order valence-electron chi connectivity index (χ3n) is 4.87. The Bertz CT molecular complexity index is 1470. The van der Waals surface area contributed by atoms with Crippen molar-refractivity contribution in [3.8, 4) is 5.75 Å². The van der Waals surface area contributed by atoms with Gasteiger partial charge in [0, 0.05) is 16.5 Å². The van der Waals surface area contributed by atoms with Crippen LogP contribution in [-0.2, 0) is 0 Å². The van der Waals surface area contributed by atoms with E-state index in [1.807, 2.05) is 60.7 Å². The number of fused-ring (bicyclic) bond motifs is 2. The summed E-state index contributed by atoms with van der Waals surface area (Å²) < 4.78 is 5.79. The molecule has 2 N–H and O–H groups in total. The van der Waals surface area contributed by atoms with Crippen molar-refractivity contribution in [2.45, 2.75) is 9.99 Å². The smallest absolute Gasteiger partial charge is 0.275 e. The number of aromatic hydroxyl groups is 1. The van der Waals surface area contributed by atoms with Crippen LogP contribution in [0, 0.1) is 0 Å². The molecule has 0 atom stereocenters. The fourth-order valence-electron chi connectivity index (χ4n) is 3.35. The monoisotopic (exact) mass is 439 g/mol. The molecular weight excluding hydrogens is 422 g/mol. The molecule has 1 amide bonds. The van der Waals surface area contributed by atoms with Crippen LogP contribution in [0.4, 0.5) is 0 Å². The first kappa shape index (κ1) is 19.8. The van der Waals surface area contributed by atoms with Gasteiger partial charge >= 0.3 is 0 Å². The molecule has 0 fully saturated rings. The number of para-hydroxylation sites is 1. The molecule has 32 heavy (non-hydrogen) atoms. The Morgan fingerprint density at radius 2 is 1.75 bits per heavy atom. The van der Waals surface area contributed by atoms with E-state index in [9.17, 15) is 9.90 Å². The molecule has 5 rings (SSSR count). The Morgan fingerprint density at radius 1 is 0.969 bits per heavy atom. The highest BCUT2D eigenvalue weighted by molar-refractivity contribution is 7.99. The van der Waals surface area contributed by atoms with E-state index in [0.717, 1.165) is 26.6 Å². The topological polar surface area (TPSA) is 87.7 Å². The van der Waals surface area contributed by atoms with E-state index < -0.39 is 5.91 Å². The Morgan fingerprint density at radius 3 is 2.62 bits per heavy atom. The minimum atomic E-state index is -0.507. The van der Waals surface area contributed by atoms with Crippen molar-refractivity contribution in [1.29, 1.82) is 0 Å². The zero-order chi connectivity index (χ0) is 21.9. The van der Waals surface area contributed by atoms with Gasteiger partial charge in [0.1, 0.15) is 11.5 Å². The summed E-state index contributed by atoms with van der Waals surface area (Å²) in [6.07, 6.45) is 3.18. The second kappa shape index (κ2) is 8.56. The summed E-state index contributed by atoms with van der Waals surface area (Å²) in [5.74, 6) is -0.118. The molecule has 0 aliphatic rings.